The first-order valence-corrected chi connectivity index (χ1v) is 16.7. The molecule has 1 fully saturated rings. The number of fused-ring (bicyclic) bond motifs is 1. The summed E-state index contributed by atoms with van der Waals surface area (Å²) in [4.78, 5) is 28.5. The number of nitrogens with zero attached hydrogens (tertiary/aromatic N) is 1. The molecule has 0 saturated heterocycles. The molecule has 0 spiro atoms. The van der Waals surface area contributed by atoms with E-state index in [1.54, 1.807) is 30.3 Å². The minimum Gasteiger partial charge on any atom is -0.506 e. The first-order chi connectivity index (χ1) is 20.7. The van der Waals surface area contributed by atoms with Gasteiger partial charge in [-0.1, -0.05) is 38.5 Å². The quantitative estimate of drug-likeness (QED) is 0.268. The number of hydrogen-bond acceptors (Lipinski definition) is 8. The van der Waals surface area contributed by atoms with E-state index >= 15 is 0 Å². The average molecular weight is 609 g/mol. The Kier molecular flexibility index (Phi) is 9.56. The molecule has 1 saturated carbocycles. The monoisotopic (exact) mass is 608 g/mol. The van der Waals surface area contributed by atoms with Gasteiger partial charge in [0.25, 0.3) is 10.0 Å². The highest BCUT2D eigenvalue weighted by atomic mass is 32.2. The number of aromatic hydroxyl groups is 1. The maximum atomic E-state index is 13.4. The van der Waals surface area contributed by atoms with Gasteiger partial charge in [0.15, 0.2) is 5.78 Å². The van der Waals surface area contributed by atoms with Crippen LogP contribution in [0.4, 0.5) is 5.69 Å². The third-order valence-corrected chi connectivity index (χ3v) is 9.76. The summed E-state index contributed by atoms with van der Waals surface area (Å²) in [5.41, 5.74) is 0.533. The van der Waals surface area contributed by atoms with Gasteiger partial charge >= 0.3 is 5.63 Å². The molecule has 10 heteroatoms. The highest BCUT2D eigenvalue weighted by molar-refractivity contribution is 7.92. The molecule has 230 valence electrons. The number of aryl methyl sites for hydroxylation is 1. The van der Waals surface area contributed by atoms with Gasteiger partial charge in [0.05, 0.1) is 16.0 Å². The Hall–Kier alpha value is -3.63. The van der Waals surface area contributed by atoms with Gasteiger partial charge in [0.2, 0.25) is 0 Å². The molecule has 2 aliphatic carbocycles. The van der Waals surface area contributed by atoms with Crippen LogP contribution >= 0.6 is 0 Å². The van der Waals surface area contributed by atoms with E-state index in [4.69, 9.17) is 9.15 Å². The lowest BCUT2D eigenvalue weighted by atomic mass is 9.85. The first kappa shape index (κ1) is 30.8. The number of ether oxygens (including phenoxy) is 1. The van der Waals surface area contributed by atoms with Crippen LogP contribution in [-0.4, -0.2) is 50.4 Å². The molecule has 0 aliphatic heterocycles. The fraction of sp³-hybridized carbons (Fsp3) is 0.455. The molecule has 1 heterocycles. The molecule has 1 atom stereocenters. The number of anilines is 1. The summed E-state index contributed by atoms with van der Waals surface area (Å²) in [5, 5.41) is 11.4. The highest BCUT2D eigenvalue weighted by Crippen LogP contribution is 2.49. The molecule has 1 unspecified atom stereocenters. The van der Waals surface area contributed by atoms with Crippen LogP contribution in [-0.2, 0) is 16.4 Å². The molecule has 2 aliphatic rings. The Balaban J connectivity index is 1.41. The number of hydrogen-bond donors (Lipinski definition) is 2. The van der Waals surface area contributed by atoms with Gasteiger partial charge in [-0.05, 0) is 74.5 Å². The number of ketones is 1. The van der Waals surface area contributed by atoms with Gasteiger partial charge in [0, 0.05) is 37.1 Å². The number of nitrogens with one attached hydrogen (secondary N) is 1. The number of benzene rings is 2. The Morgan fingerprint density at radius 1 is 1.02 bits per heavy atom. The topological polar surface area (TPSA) is 126 Å². The van der Waals surface area contributed by atoms with E-state index in [0.717, 1.165) is 51.7 Å². The lowest BCUT2D eigenvalue weighted by Crippen LogP contribution is -2.27. The van der Waals surface area contributed by atoms with Crippen molar-refractivity contribution in [1.29, 1.82) is 0 Å². The van der Waals surface area contributed by atoms with Crippen LogP contribution in [0.5, 0.6) is 11.5 Å². The molecule has 3 aromatic rings. The molecule has 9 nitrogen and oxygen atoms in total. The van der Waals surface area contributed by atoms with Crippen LogP contribution in [0.15, 0.2) is 62.6 Å². The SMILES string of the molecule is CCN(CC)CCOc1cccc(S(=O)(=O)Nc2cccc(C(c3c(O)c4c(oc3=O)CCCCCC4=O)C3CC3)c2)c1. The van der Waals surface area contributed by atoms with Crippen molar-refractivity contribution in [1.82, 2.24) is 4.90 Å². The molecule has 0 amide bonds. The van der Waals surface area contributed by atoms with E-state index in [-0.39, 0.29) is 39.2 Å². The number of Topliss-reactive ketones (excluding diaryl/α,β-unsaturated/α-hetero) is 1. The average Bonchev–Trinajstić information content (AvgIpc) is 3.81. The Morgan fingerprint density at radius 2 is 1.77 bits per heavy atom. The van der Waals surface area contributed by atoms with Crippen molar-refractivity contribution in [2.45, 2.75) is 69.6 Å². The summed E-state index contributed by atoms with van der Waals surface area (Å²) in [6.07, 6.45) is 4.77. The number of carbonyl (C=O) groups is 1. The smallest absolute Gasteiger partial charge is 0.343 e. The van der Waals surface area contributed by atoms with Crippen LogP contribution in [0.1, 0.15) is 85.5 Å². The number of rotatable bonds is 12. The highest BCUT2D eigenvalue weighted by Gasteiger charge is 2.39. The molecular formula is C33H40N2O7S. The lowest BCUT2D eigenvalue weighted by Gasteiger charge is -2.21. The maximum Gasteiger partial charge on any atom is 0.343 e. The van der Waals surface area contributed by atoms with Crippen molar-refractivity contribution in [2.24, 2.45) is 5.92 Å². The van der Waals surface area contributed by atoms with E-state index < -0.39 is 21.6 Å². The van der Waals surface area contributed by atoms with E-state index in [2.05, 4.69) is 23.5 Å². The Labute approximate surface area is 252 Å². The number of sulfonamides is 1. The fourth-order valence-electron chi connectivity index (χ4n) is 5.87. The van der Waals surface area contributed by atoms with Crippen molar-refractivity contribution in [2.75, 3.05) is 31.0 Å². The third kappa shape index (κ3) is 7.13. The zero-order chi connectivity index (χ0) is 30.6. The van der Waals surface area contributed by atoms with Crippen molar-refractivity contribution in [3.05, 3.63) is 81.4 Å². The largest absolute Gasteiger partial charge is 0.506 e. The third-order valence-electron chi connectivity index (χ3n) is 8.38. The van der Waals surface area contributed by atoms with E-state index in [0.29, 0.717) is 36.4 Å². The van der Waals surface area contributed by atoms with Gasteiger partial charge in [-0.15, -0.1) is 0 Å². The lowest BCUT2D eigenvalue weighted by molar-refractivity contribution is 0.0968. The molecule has 0 bridgehead atoms. The Morgan fingerprint density at radius 3 is 2.51 bits per heavy atom. The second-order valence-electron chi connectivity index (χ2n) is 11.3. The molecule has 43 heavy (non-hydrogen) atoms. The fourth-order valence-corrected chi connectivity index (χ4v) is 6.95. The molecule has 2 aromatic carbocycles. The summed E-state index contributed by atoms with van der Waals surface area (Å²) in [7, 11) is -3.96. The standard InChI is InChI=1S/C33H40N2O7S/c1-3-35(4-2)18-19-41-25-12-9-13-26(21-25)43(39,40)34-24-11-8-10-23(20-24)29(22-16-17-22)31-32(37)30-27(36)14-6-5-7-15-28(30)42-33(31)38/h8-13,20-22,29,34,37H,3-7,14-19H2,1-2H3. The van der Waals surface area contributed by atoms with E-state index in [9.17, 15) is 23.1 Å². The minimum atomic E-state index is -3.96. The maximum absolute atomic E-state index is 13.4. The molecule has 2 N–H and O–H groups in total. The summed E-state index contributed by atoms with van der Waals surface area (Å²) in [5.74, 6) is -0.259. The second-order valence-corrected chi connectivity index (χ2v) is 13.0. The van der Waals surface area contributed by atoms with Gasteiger partial charge in [-0.25, -0.2) is 13.2 Å². The van der Waals surface area contributed by atoms with Crippen molar-refractivity contribution in [3.8, 4) is 11.5 Å². The van der Waals surface area contributed by atoms with Crippen LogP contribution in [0.2, 0.25) is 0 Å². The summed E-state index contributed by atoms with van der Waals surface area (Å²) >= 11 is 0. The zero-order valence-electron chi connectivity index (χ0n) is 24.8. The van der Waals surface area contributed by atoms with Crippen LogP contribution in [0, 0.1) is 5.92 Å². The van der Waals surface area contributed by atoms with E-state index in [1.165, 1.54) is 12.1 Å². The van der Waals surface area contributed by atoms with Crippen LogP contribution in [0.3, 0.4) is 0 Å². The minimum absolute atomic E-state index is 0.0625. The van der Waals surface area contributed by atoms with Crippen LogP contribution < -0.4 is 15.1 Å². The predicted octanol–water partition coefficient (Wildman–Crippen LogP) is 5.71. The summed E-state index contributed by atoms with van der Waals surface area (Å²) in [6.45, 7) is 7.17. The van der Waals surface area contributed by atoms with E-state index in [1.807, 2.05) is 6.07 Å². The summed E-state index contributed by atoms with van der Waals surface area (Å²) in [6, 6.07) is 13.2. The Bertz CT molecular complexity index is 1620. The van der Waals surface area contributed by atoms with Gasteiger partial charge in [-0.3, -0.25) is 9.52 Å². The molecule has 5 rings (SSSR count). The predicted molar refractivity (Wildman–Crippen MR) is 165 cm³/mol. The van der Waals surface area contributed by atoms with Crippen molar-refractivity contribution < 1.29 is 27.5 Å². The summed E-state index contributed by atoms with van der Waals surface area (Å²) < 4.78 is 40.9. The van der Waals surface area contributed by atoms with Crippen LogP contribution in [0.25, 0.3) is 0 Å². The first-order valence-electron chi connectivity index (χ1n) is 15.2. The molecule has 1 aromatic heterocycles. The number of carbonyl (C=O) groups excluding carboxylic acids is 1. The normalized spacial score (nSPS) is 16.3. The van der Waals surface area contributed by atoms with Gasteiger partial charge < -0.3 is 19.2 Å². The van der Waals surface area contributed by atoms with Crippen molar-refractivity contribution >= 4 is 21.5 Å². The molecule has 0 radical (unpaired) electrons. The van der Waals surface area contributed by atoms with Gasteiger partial charge in [0.1, 0.15) is 23.9 Å². The van der Waals surface area contributed by atoms with Crippen molar-refractivity contribution in [3.63, 3.8) is 0 Å². The van der Waals surface area contributed by atoms with Gasteiger partial charge in [-0.2, -0.15) is 0 Å². The second kappa shape index (κ2) is 13.3. The number of likely N-dealkylation sites (N-methyl/N-ethyl adjacent to an activating group) is 1. The molecular weight excluding hydrogens is 568 g/mol. The zero-order valence-corrected chi connectivity index (χ0v) is 25.6.